The third-order valence-corrected chi connectivity index (χ3v) is 5.19. The predicted octanol–water partition coefficient (Wildman–Crippen LogP) is 2.12. The number of aromatic amines is 1. The third-order valence-electron chi connectivity index (χ3n) is 5.19. The smallest absolute Gasteiger partial charge is 0.279 e. The van der Waals surface area contributed by atoms with Crippen LogP contribution >= 0.6 is 0 Å². The molecule has 2 aliphatic heterocycles. The first-order chi connectivity index (χ1) is 14.0. The van der Waals surface area contributed by atoms with Gasteiger partial charge in [-0.1, -0.05) is 0 Å². The Bertz CT molecular complexity index is 887. The molecule has 0 radical (unpaired) electrons. The third kappa shape index (κ3) is 4.48. The van der Waals surface area contributed by atoms with E-state index >= 15 is 0 Å². The molecule has 2 aliphatic rings. The van der Waals surface area contributed by atoms with Gasteiger partial charge in [0.25, 0.3) is 6.43 Å². The molecule has 0 amide bonds. The maximum Gasteiger partial charge on any atom is 0.279 e. The lowest BCUT2D eigenvalue weighted by Crippen LogP contribution is -2.59. The summed E-state index contributed by atoms with van der Waals surface area (Å²) in [5, 5.41) is 10.6. The summed E-state index contributed by atoms with van der Waals surface area (Å²) in [5.74, 6) is 1.19. The highest BCUT2D eigenvalue weighted by atomic mass is 19.3. The number of imidazole rings is 1. The number of hydrogen-bond acceptors (Lipinski definition) is 7. The van der Waals surface area contributed by atoms with Gasteiger partial charge >= 0.3 is 0 Å². The van der Waals surface area contributed by atoms with Crippen LogP contribution in [0.1, 0.15) is 18.7 Å². The molecule has 0 bridgehead atoms. The van der Waals surface area contributed by atoms with Crippen molar-refractivity contribution in [3.05, 3.63) is 30.5 Å². The predicted molar refractivity (Wildman–Crippen MR) is 105 cm³/mol. The maximum absolute atomic E-state index is 12.4. The molecule has 0 aliphatic carbocycles. The van der Waals surface area contributed by atoms with Crippen LogP contribution in [-0.2, 0) is 4.74 Å². The second-order valence-corrected chi connectivity index (χ2v) is 7.27. The van der Waals surface area contributed by atoms with E-state index in [4.69, 9.17) is 10.1 Å². The molecule has 2 saturated heterocycles. The first-order valence-corrected chi connectivity index (χ1v) is 9.56. The molecule has 1 unspecified atom stereocenters. The number of piperidine rings is 1. The highest BCUT2D eigenvalue weighted by Crippen LogP contribution is 2.29. The van der Waals surface area contributed by atoms with Crippen LogP contribution < -0.4 is 10.2 Å². The van der Waals surface area contributed by atoms with Gasteiger partial charge in [-0.25, -0.2) is 23.7 Å². The monoisotopic (exact) mass is 403 g/mol. The van der Waals surface area contributed by atoms with E-state index in [9.17, 15) is 8.78 Å². The van der Waals surface area contributed by atoms with Crippen LogP contribution in [0.25, 0.3) is 17.5 Å². The molecule has 8 nitrogen and oxygen atoms in total. The molecule has 1 spiro atoms. The summed E-state index contributed by atoms with van der Waals surface area (Å²) < 4.78 is 30.9. The Kier molecular flexibility index (Phi) is 5.63. The van der Waals surface area contributed by atoms with Gasteiger partial charge in [0.2, 0.25) is 0 Å². The number of nitrogens with one attached hydrogen (secondary N) is 3. The van der Waals surface area contributed by atoms with Crippen LogP contribution in [0.3, 0.4) is 0 Å². The van der Waals surface area contributed by atoms with Crippen molar-refractivity contribution in [1.29, 1.82) is 5.41 Å². The number of hydrogen-bond donors (Lipinski definition) is 3. The van der Waals surface area contributed by atoms with E-state index in [2.05, 4.69) is 30.2 Å². The molecule has 154 valence electrons. The van der Waals surface area contributed by atoms with Gasteiger partial charge in [0.1, 0.15) is 18.0 Å². The summed E-state index contributed by atoms with van der Waals surface area (Å²) in [7, 11) is 0. The normalized spacial score (nSPS) is 22.7. The van der Waals surface area contributed by atoms with Gasteiger partial charge in [-0.15, -0.1) is 0 Å². The molecule has 0 saturated carbocycles. The summed E-state index contributed by atoms with van der Waals surface area (Å²) in [5.41, 5.74) is 0.376. The standard InChI is InChI=1S/C19H23F2N7O/c20-18(21)13(22)2-3-16-24-9-15(27-16)14-8-17(26-12-25-14)28-6-7-29-19(11-28)4-1-5-23-10-19/h2-3,8-9,12,18,22-23H,1,4-7,10-11H2,(H,24,27)/b3-2-,22-13?. The zero-order valence-corrected chi connectivity index (χ0v) is 15.9. The molecule has 10 heteroatoms. The first-order valence-electron chi connectivity index (χ1n) is 9.56. The zero-order chi connectivity index (χ0) is 20.3. The van der Waals surface area contributed by atoms with Crippen molar-refractivity contribution in [2.45, 2.75) is 24.9 Å². The van der Waals surface area contributed by atoms with E-state index < -0.39 is 12.1 Å². The van der Waals surface area contributed by atoms with Crippen molar-refractivity contribution in [2.75, 3.05) is 37.7 Å². The number of alkyl halides is 2. The van der Waals surface area contributed by atoms with Gasteiger partial charge in [0.15, 0.2) is 0 Å². The second kappa shape index (κ2) is 8.34. The molecule has 29 heavy (non-hydrogen) atoms. The number of ether oxygens (including phenoxy) is 1. The topological polar surface area (TPSA) is 103 Å². The van der Waals surface area contributed by atoms with Crippen LogP contribution in [0.5, 0.6) is 0 Å². The molecule has 4 rings (SSSR count). The fraction of sp³-hybridized carbons (Fsp3) is 0.474. The lowest BCUT2D eigenvalue weighted by atomic mass is 9.92. The number of anilines is 1. The molecule has 2 aromatic heterocycles. The molecule has 2 fully saturated rings. The van der Waals surface area contributed by atoms with E-state index in [1.165, 1.54) is 12.4 Å². The van der Waals surface area contributed by atoms with Crippen LogP contribution in [0.2, 0.25) is 0 Å². The maximum atomic E-state index is 12.4. The number of nitrogens with zero attached hydrogens (tertiary/aromatic N) is 4. The van der Waals surface area contributed by atoms with E-state index in [1.807, 2.05) is 6.07 Å². The molecule has 2 aromatic rings. The lowest BCUT2D eigenvalue weighted by molar-refractivity contribution is -0.0690. The van der Waals surface area contributed by atoms with Crippen molar-refractivity contribution >= 4 is 17.6 Å². The fourth-order valence-electron chi connectivity index (χ4n) is 3.70. The Balaban J connectivity index is 1.50. The Morgan fingerprint density at radius 3 is 3.03 bits per heavy atom. The number of allylic oxidation sites excluding steroid dienone is 1. The molecule has 1 atom stereocenters. The average Bonchev–Trinajstić information content (AvgIpc) is 3.22. The molecular formula is C19H23F2N7O. The summed E-state index contributed by atoms with van der Waals surface area (Å²) in [4.78, 5) is 18.1. The van der Waals surface area contributed by atoms with Gasteiger partial charge in [0, 0.05) is 25.7 Å². The van der Waals surface area contributed by atoms with Crippen LogP contribution in [0, 0.1) is 5.41 Å². The average molecular weight is 403 g/mol. The Labute approximate surface area is 166 Å². The summed E-state index contributed by atoms with van der Waals surface area (Å²) in [6, 6.07) is 1.89. The van der Waals surface area contributed by atoms with Crippen molar-refractivity contribution < 1.29 is 13.5 Å². The van der Waals surface area contributed by atoms with Crippen molar-refractivity contribution in [3.63, 3.8) is 0 Å². The van der Waals surface area contributed by atoms with Gasteiger partial charge in [-0.2, -0.15) is 0 Å². The number of rotatable bonds is 5. The molecule has 3 N–H and O–H groups in total. The lowest BCUT2D eigenvalue weighted by Gasteiger charge is -2.45. The first kappa shape index (κ1) is 19.6. The van der Waals surface area contributed by atoms with E-state index in [1.54, 1.807) is 6.20 Å². The fourth-order valence-corrected chi connectivity index (χ4v) is 3.70. The van der Waals surface area contributed by atoms with Gasteiger partial charge < -0.3 is 19.9 Å². The molecular weight excluding hydrogens is 380 g/mol. The van der Waals surface area contributed by atoms with Crippen molar-refractivity contribution in [2.24, 2.45) is 0 Å². The van der Waals surface area contributed by atoms with E-state index in [0.717, 1.165) is 50.9 Å². The summed E-state index contributed by atoms with van der Waals surface area (Å²) in [6.45, 7) is 4.03. The number of morpholine rings is 1. The minimum atomic E-state index is -2.80. The largest absolute Gasteiger partial charge is 0.370 e. The van der Waals surface area contributed by atoms with Crippen molar-refractivity contribution in [3.8, 4) is 11.4 Å². The van der Waals surface area contributed by atoms with Crippen LogP contribution in [-0.4, -0.2) is 70.5 Å². The number of H-pyrrole nitrogens is 1. The number of halogens is 2. The quantitative estimate of drug-likeness (QED) is 0.661. The molecule has 0 aromatic carbocycles. The van der Waals surface area contributed by atoms with E-state index in [-0.39, 0.29) is 5.60 Å². The number of aromatic nitrogens is 4. The van der Waals surface area contributed by atoms with Crippen LogP contribution in [0.4, 0.5) is 14.6 Å². The van der Waals surface area contributed by atoms with E-state index in [0.29, 0.717) is 23.8 Å². The summed E-state index contributed by atoms with van der Waals surface area (Å²) in [6.07, 6.45) is 4.79. The summed E-state index contributed by atoms with van der Waals surface area (Å²) >= 11 is 0. The van der Waals surface area contributed by atoms with Gasteiger partial charge in [-0.3, -0.25) is 5.41 Å². The SMILES string of the molecule is N=C(/C=C\c1ncc(-c2cc(N3CCOC4(CCCNC4)C3)ncn2)[nH]1)C(F)F. The Morgan fingerprint density at radius 2 is 2.24 bits per heavy atom. The highest BCUT2D eigenvalue weighted by molar-refractivity contribution is 5.97. The van der Waals surface area contributed by atoms with Crippen molar-refractivity contribution in [1.82, 2.24) is 25.3 Å². The van der Waals surface area contributed by atoms with Gasteiger partial charge in [-0.05, 0) is 31.5 Å². The second-order valence-electron chi connectivity index (χ2n) is 7.27. The minimum absolute atomic E-state index is 0.178. The molecule has 4 heterocycles. The Hall–Kier alpha value is -2.72. The van der Waals surface area contributed by atoms with Crippen LogP contribution in [0.15, 0.2) is 24.7 Å². The minimum Gasteiger partial charge on any atom is -0.370 e. The van der Waals surface area contributed by atoms with Gasteiger partial charge in [0.05, 0.1) is 35.5 Å². The Morgan fingerprint density at radius 1 is 1.34 bits per heavy atom. The highest BCUT2D eigenvalue weighted by Gasteiger charge is 2.38. The zero-order valence-electron chi connectivity index (χ0n) is 15.9.